The molecule has 0 aromatic heterocycles. The van der Waals surface area contributed by atoms with Crippen molar-refractivity contribution in [2.45, 2.75) is 12.7 Å². The lowest BCUT2D eigenvalue weighted by Crippen LogP contribution is -2.25. The molecule has 1 amide bonds. The Labute approximate surface area is 134 Å². The van der Waals surface area contributed by atoms with Gasteiger partial charge in [-0.15, -0.1) is 0 Å². The molecule has 5 heteroatoms. The van der Waals surface area contributed by atoms with E-state index in [-0.39, 0.29) is 12.2 Å². The van der Waals surface area contributed by atoms with E-state index in [1.54, 1.807) is 29.2 Å². The van der Waals surface area contributed by atoms with Crippen LogP contribution in [-0.2, 0) is 16.1 Å². The Hall–Kier alpha value is -2.84. The van der Waals surface area contributed by atoms with Crippen molar-refractivity contribution in [1.29, 1.82) is 5.26 Å². The molecule has 0 spiro atoms. The van der Waals surface area contributed by atoms with E-state index in [1.165, 1.54) is 0 Å². The van der Waals surface area contributed by atoms with Gasteiger partial charge in [0.25, 0.3) is 0 Å². The average molecular weight is 308 g/mol. The second-order valence-electron chi connectivity index (χ2n) is 5.28. The molecule has 0 unspecified atom stereocenters. The number of nitrogens with zero attached hydrogens (tertiary/aromatic N) is 2. The molecule has 1 aliphatic rings. The summed E-state index contributed by atoms with van der Waals surface area (Å²) in [7, 11) is 0. The van der Waals surface area contributed by atoms with Crippen molar-refractivity contribution in [3.05, 3.63) is 65.7 Å². The number of ether oxygens (including phenoxy) is 2. The highest BCUT2D eigenvalue weighted by molar-refractivity contribution is 5.89. The van der Waals surface area contributed by atoms with Gasteiger partial charge in [-0.1, -0.05) is 30.3 Å². The second kappa shape index (κ2) is 6.95. The van der Waals surface area contributed by atoms with Gasteiger partial charge in [0.05, 0.1) is 31.4 Å². The molecular weight excluding hydrogens is 292 g/mol. The molecule has 23 heavy (non-hydrogen) atoms. The maximum atomic E-state index is 12.0. The van der Waals surface area contributed by atoms with Crippen LogP contribution < -0.4 is 4.90 Å². The highest BCUT2D eigenvalue weighted by atomic mass is 16.6. The molecule has 0 saturated carbocycles. The van der Waals surface area contributed by atoms with Crippen molar-refractivity contribution in [2.75, 3.05) is 18.1 Å². The second-order valence-corrected chi connectivity index (χ2v) is 5.28. The number of rotatable bonds is 5. The van der Waals surface area contributed by atoms with Crippen molar-refractivity contribution < 1.29 is 14.3 Å². The molecule has 1 atom stereocenters. The molecule has 0 radical (unpaired) electrons. The van der Waals surface area contributed by atoms with Gasteiger partial charge in [-0.3, -0.25) is 4.90 Å². The quantitative estimate of drug-likeness (QED) is 0.851. The lowest BCUT2D eigenvalue weighted by Gasteiger charge is -2.13. The molecule has 3 rings (SSSR count). The van der Waals surface area contributed by atoms with E-state index in [9.17, 15) is 4.79 Å². The highest BCUT2D eigenvalue weighted by Gasteiger charge is 2.32. The molecule has 1 saturated heterocycles. The first kappa shape index (κ1) is 15.1. The van der Waals surface area contributed by atoms with Gasteiger partial charge < -0.3 is 9.47 Å². The zero-order valence-electron chi connectivity index (χ0n) is 12.5. The first-order valence-corrected chi connectivity index (χ1v) is 7.36. The monoisotopic (exact) mass is 308 g/mol. The molecule has 2 aromatic rings. The molecule has 0 N–H and O–H groups in total. The van der Waals surface area contributed by atoms with Crippen molar-refractivity contribution in [3.8, 4) is 6.07 Å². The fourth-order valence-corrected chi connectivity index (χ4v) is 2.42. The van der Waals surface area contributed by atoms with Crippen LogP contribution in [0.15, 0.2) is 54.6 Å². The Morgan fingerprint density at radius 3 is 2.61 bits per heavy atom. The van der Waals surface area contributed by atoms with Gasteiger partial charge in [0.15, 0.2) is 0 Å². The summed E-state index contributed by atoms with van der Waals surface area (Å²) in [6.07, 6.45) is -0.676. The molecule has 0 aliphatic carbocycles. The molecule has 116 valence electrons. The summed E-state index contributed by atoms with van der Waals surface area (Å²) in [5.74, 6) is 0. The van der Waals surface area contributed by atoms with Gasteiger partial charge in [-0.2, -0.15) is 5.26 Å². The van der Waals surface area contributed by atoms with Crippen molar-refractivity contribution in [2.24, 2.45) is 0 Å². The zero-order valence-corrected chi connectivity index (χ0v) is 12.5. The summed E-state index contributed by atoms with van der Waals surface area (Å²) in [6.45, 7) is 1.29. The fourth-order valence-electron chi connectivity index (χ4n) is 2.42. The number of anilines is 1. The number of benzene rings is 2. The summed E-state index contributed by atoms with van der Waals surface area (Å²) >= 11 is 0. The van der Waals surface area contributed by atoms with Crippen LogP contribution in [0.3, 0.4) is 0 Å². The molecule has 1 fully saturated rings. The topological polar surface area (TPSA) is 62.6 Å². The first-order valence-electron chi connectivity index (χ1n) is 7.36. The van der Waals surface area contributed by atoms with Gasteiger partial charge in [0.1, 0.15) is 6.10 Å². The summed E-state index contributed by atoms with van der Waals surface area (Å²) < 4.78 is 10.9. The third-order valence-electron chi connectivity index (χ3n) is 3.60. The number of nitriles is 1. The van der Waals surface area contributed by atoms with Crippen molar-refractivity contribution in [3.63, 3.8) is 0 Å². The van der Waals surface area contributed by atoms with Gasteiger partial charge >= 0.3 is 6.09 Å². The van der Waals surface area contributed by atoms with Gasteiger partial charge in [0.2, 0.25) is 0 Å². The van der Waals surface area contributed by atoms with E-state index in [0.717, 1.165) is 11.3 Å². The van der Waals surface area contributed by atoms with Gasteiger partial charge in [-0.05, 0) is 29.8 Å². The van der Waals surface area contributed by atoms with Gasteiger partial charge in [0, 0.05) is 5.69 Å². The lowest BCUT2D eigenvalue weighted by molar-refractivity contribution is 0.0381. The van der Waals surface area contributed by atoms with Crippen LogP contribution in [0, 0.1) is 11.3 Å². The molecule has 1 aliphatic heterocycles. The summed E-state index contributed by atoms with van der Waals surface area (Å²) in [6, 6.07) is 18.8. The number of hydrogen-bond donors (Lipinski definition) is 0. The van der Waals surface area contributed by atoms with Crippen LogP contribution >= 0.6 is 0 Å². The number of hydrogen-bond acceptors (Lipinski definition) is 4. The SMILES string of the molecule is N#Cc1ccc(N2C[C@H](COCc3ccccc3)OC2=O)cc1. The summed E-state index contributed by atoms with van der Waals surface area (Å²) in [5, 5.41) is 8.81. The van der Waals surface area contributed by atoms with E-state index in [4.69, 9.17) is 14.7 Å². The summed E-state index contributed by atoms with van der Waals surface area (Å²) in [5.41, 5.74) is 2.37. The Bertz CT molecular complexity index is 707. The Morgan fingerprint density at radius 2 is 1.91 bits per heavy atom. The minimum atomic E-state index is -0.386. The first-order chi connectivity index (χ1) is 11.3. The van der Waals surface area contributed by atoms with E-state index in [2.05, 4.69) is 6.07 Å². The van der Waals surface area contributed by atoms with E-state index >= 15 is 0 Å². The maximum absolute atomic E-state index is 12.0. The van der Waals surface area contributed by atoms with Crippen LogP contribution in [0.1, 0.15) is 11.1 Å². The van der Waals surface area contributed by atoms with E-state index in [0.29, 0.717) is 25.3 Å². The molecular formula is C18H16N2O3. The number of carbonyl (C=O) groups excluding carboxylic acids is 1. The summed E-state index contributed by atoms with van der Waals surface area (Å²) in [4.78, 5) is 13.5. The molecule has 5 nitrogen and oxygen atoms in total. The predicted octanol–water partition coefficient (Wildman–Crippen LogP) is 3.10. The van der Waals surface area contributed by atoms with Crippen LogP contribution in [0.5, 0.6) is 0 Å². The highest BCUT2D eigenvalue weighted by Crippen LogP contribution is 2.22. The van der Waals surface area contributed by atoms with Gasteiger partial charge in [-0.25, -0.2) is 4.79 Å². The third kappa shape index (κ3) is 3.68. The lowest BCUT2D eigenvalue weighted by atomic mass is 10.2. The van der Waals surface area contributed by atoms with Crippen LogP contribution in [0.4, 0.5) is 10.5 Å². The van der Waals surface area contributed by atoms with Crippen molar-refractivity contribution in [1.82, 2.24) is 0 Å². The Balaban J connectivity index is 1.54. The van der Waals surface area contributed by atoms with Crippen LogP contribution in [0.25, 0.3) is 0 Å². The zero-order chi connectivity index (χ0) is 16.1. The number of amides is 1. The minimum absolute atomic E-state index is 0.290. The number of carbonyl (C=O) groups is 1. The van der Waals surface area contributed by atoms with E-state index < -0.39 is 0 Å². The smallest absolute Gasteiger partial charge is 0.414 e. The predicted molar refractivity (Wildman–Crippen MR) is 84.9 cm³/mol. The largest absolute Gasteiger partial charge is 0.441 e. The maximum Gasteiger partial charge on any atom is 0.414 e. The average Bonchev–Trinajstić information content (AvgIpc) is 2.97. The normalized spacial score (nSPS) is 16.9. The van der Waals surface area contributed by atoms with E-state index in [1.807, 2.05) is 30.3 Å². The molecule has 0 bridgehead atoms. The Kier molecular flexibility index (Phi) is 4.55. The molecule has 1 heterocycles. The number of cyclic esters (lactones) is 1. The van der Waals surface area contributed by atoms with Crippen LogP contribution in [0.2, 0.25) is 0 Å². The minimum Gasteiger partial charge on any atom is -0.441 e. The Morgan fingerprint density at radius 1 is 1.17 bits per heavy atom. The van der Waals surface area contributed by atoms with Crippen LogP contribution in [-0.4, -0.2) is 25.3 Å². The standard InChI is InChI=1S/C18H16N2O3/c19-10-14-6-8-16(9-7-14)20-11-17(23-18(20)21)13-22-12-15-4-2-1-3-5-15/h1-9,17H,11-13H2/t17-/m1/s1. The third-order valence-corrected chi connectivity index (χ3v) is 3.60. The van der Waals surface area contributed by atoms with Crippen molar-refractivity contribution >= 4 is 11.8 Å². The fraction of sp³-hybridized carbons (Fsp3) is 0.222. The molecule has 2 aromatic carbocycles.